The molecule has 0 bridgehead atoms. The summed E-state index contributed by atoms with van der Waals surface area (Å²) in [5.41, 5.74) is 2.25. The molecule has 3 rings (SSSR count). The summed E-state index contributed by atoms with van der Waals surface area (Å²) in [6.07, 6.45) is 8.43. The molecule has 0 radical (unpaired) electrons. The van der Waals surface area contributed by atoms with Gasteiger partial charge in [-0.25, -0.2) is 0 Å². The lowest BCUT2D eigenvalue weighted by atomic mass is 10.2. The fourth-order valence-corrected chi connectivity index (χ4v) is 3.17. The number of ether oxygens (including phenoxy) is 1. The van der Waals surface area contributed by atoms with E-state index in [0.29, 0.717) is 17.0 Å². The summed E-state index contributed by atoms with van der Waals surface area (Å²) in [5.74, 6) is 0.501. The number of nitrogens with one attached hydrogen (secondary N) is 1. The zero-order valence-electron chi connectivity index (χ0n) is 15.6. The van der Waals surface area contributed by atoms with E-state index < -0.39 is 0 Å². The van der Waals surface area contributed by atoms with Crippen molar-refractivity contribution in [2.24, 2.45) is 0 Å². The minimum Gasteiger partial charge on any atom is -0.489 e. The van der Waals surface area contributed by atoms with Gasteiger partial charge >= 0.3 is 0 Å². The van der Waals surface area contributed by atoms with Gasteiger partial charge in [-0.3, -0.25) is 9.78 Å². The molecule has 1 fully saturated rings. The quantitative estimate of drug-likeness (QED) is 0.860. The van der Waals surface area contributed by atoms with Gasteiger partial charge in [-0.05, 0) is 44.9 Å². The van der Waals surface area contributed by atoms with Crippen molar-refractivity contribution in [1.29, 1.82) is 0 Å². The van der Waals surface area contributed by atoms with Gasteiger partial charge in [-0.15, -0.1) is 0 Å². The first-order valence-electron chi connectivity index (χ1n) is 9.40. The average molecular weight is 353 g/mol. The highest BCUT2D eigenvalue weighted by Crippen LogP contribution is 2.26. The summed E-state index contributed by atoms with van der Waals surface area (Å²) >= 11 is 0. The second-order valence-corrected chi connectivity index (χ2v) is 6.95. The Bertz CT molecular complexity index is 738. The lowest BCUT2D eigenvalue weighted by molar-refractivity contribution is 0.102. The molecule has 1 aliphatic heterocycles. The molecule has 0 aliphatic carbocycles. The van der Waals surface area contributed by atoms with Gasteiger partial charge in [0.1, 0.15) is 5.75 Å². The number of carbonyl (C=O) groups excluding carboxylic acids is 1. The van der Waals surface area contributed by atoms with Crippen molar-refractivity contribution in [3.63, 3.8) is 0 Å². The maximum Gasteiger partial charge on any atom is 0.257 e. The molecule has 1 aliphatic rings. The van der Waals surface area contributed by atoms with Crippen LogP contribution in [0.25, 0.3) is 0 Å². The molecule has 5 nitrogen and oxygen atoms in total. The maximum atomic E-state index is 12.7. The van der Waals surface area contributed by atoms with E-state index in [1.807, 2.05) is 50.4 Å². The summed E-state index contributed by atoms with van der Waals surface area (Å²) in [6, 6.07) is 9.42. The fourth-order valence-electron chi connectivity index (χ4n) is 3.17. The molecule has 26 heavy (non-hydrogen) atoms. The summed E-state index contributed by atoms with van der Waals surface area (Å²) in [5, 5.41) is 2.95. The Balaban J connectivity index is 1.75. The molecule has 1 aromatic heterocycles. The van der Waals surface area contributed by atoms with Crippen molar-refractivity contribution in [1.82, 2.24) is 4.98 Å². The summed E-state index contributed by atoms with van der Waals surface area (Å²) in [4.78, 5) is 19.3. The zero-order valence-corrected chi connectivity index (χ0v) is 15.6. The number of nitrogens with zero attached hydrogens (tertiary/aromatic N) is 2. The van der Waals surface area contributed by atoms with Gasteiger partial charge in [0.05, 0.1) is 29.2 Å². The number of rotatable bonds is 5. The van der Waals surface area contributed by atoms with E-state index >= 15 is 0 Å². The van der Waals surface area contributed by atoms with Crippen LogP contribution in [0, 0.1) is 0 Å². The molecular weight excluding hydrogens is 326 g/mol. The van der Waals surface area contributed by atoms with E-state index in [0.717, 1.165) is 18.8 Å². The molecule has 2 heterocycles. The summed E-state index contributed by atoms with van der Waals surface area (Å²) < 4.78 is 5.78. The number of pyridine rings is 1. The first-order valence-corrected chi connectivity index (χ1v) is 9.40. The molecule has 1 aromatic carbocycles. The SMILES string of the molecule is CC(C)Oc1ccccc1NC(=O)c1cncc(N2CCCCCC2)c1. The van der Waals surface area contributed by atoms with Crippen LogP contribution in [-0.4, -0.2) is 30.1 Å². The summed E-state index contributed by atoms with van der Waals surface area (Å²) in [7, 11) is 0. The van der Waals surface area contributed by atoms with Crippen molar-refractivity contribution >= 4 is 17.3 Å². The molecule has 1 amide bonds. The second-order valence-electron chi connectivity index (χ2n) is 6.95. The number of amides is 1. The Kier molecular flexibility index (Phi) is 6.10. The largest absolute Gasteiger partial charge is 0.489 e. The Labute approximate surface area is 155 Å². The molecule has 1 N–H and O–H groups in total. The first-order chi connectivity index (χ1) is 12.6. The van der Waals surface area contributed by atoms with Crippen LogP contribution in [-0.2, 0) is 0 Å². The lowest BCUT2D eigenvalue weighted by Crippen LogP contribution is -2.24. The van der Waals surface area contributed by atoms with Crippen molar-refractivity contribution < 1.29 is 9.53 Å². The van der Waals surface area contributed by atoms with Crippen LogP contribution in [0.2, 0.25) is 0 Å². The van der Waals surface area contributed by atoms with E-state index in [2.05, 4.69) is 15.2 Å². The van der Waals surface area contributed by atoms with Crippen LogP contribution in [0.15, 0.2) is 42.7 Å². The number of benzene rings is 1. The smallest absolute Gasteiger partial charge is 0.257 e. The molecule has 0 atom stereocenters. The van der Waals surface area contributed by atoms with Crippen LogP contribution in [0.5, 0.6) is 5.75 Å². The molecule has 2 aromatic rings. The minimum atomic E-state index is -0.172. The Morgan fingerprint density at radius 1 is 1.12 bits per heavy atom. The minimum absolute atomic E-state index is 0.0427. The van der Waals surface area contributed by atoms with Crippen LogP contribution < -0.4 is 15.0 Å². The fraction of sp³-hybridized carbons (Fsp3) is 0.429. The normalized spacial score (nSPS) is 14.8. The van der Waals surface area contributed by atoms with E-state index in [4.69, 9.17) is 4.74 Å². The topological polar surface area (TPSA) is 54.5 Å². The molecule has 138 valence electrons. The Morgan fingerprint density at radius 3 is 2.58 bits per heavy atom. The molecular formula is C21H27N3O2. The molecule has 5 heteroatoms. The second kappa shape index (κ2) is 8.70. The maximum absolute atomic E-state index is 12.7. The first kappa shape index (κ1) is 18.2. The number of carbonyl (C=O) groups is 1. The van der Waals surface area contributed by atoms with Gasteiger partial charge in [0.2, 0.25) is 0 Å². The lowest BCUT2D eigenvalue weighted by Gasteiger charge is -2.22. The van der Waals surface area contributed by atoms with Gasteiger partial charge in [0, 0.05) is 19.3 Å². The van der Waals surface area contributed by atoms with Crippen LogP contribution in [0.1, 0.15) is 49.9 Å². The zero-order chi connectivity index (χ0) is 18.4. The average Bonchev–Trinajstić information content (AvgIpc) is 2.92. The Hall–Kier alpha value is -2.56. The van der Waals surface area contributed by atoms with Crippen LogP contribution in [0.4, 0.5) is 11.4 Å². The highest BCUT2D eigenvalue weighted by Gasteiger charge is 2.15. The predicted molar refractivity (Wildman–Crippen MR) is 105 cm³/mol. The highest BCUT2D eigenvalue weighted by molar-refractivity contribution is 6.05. The van der Waals surface area contributed by atoms with Gasteiger partial charge < -0.3 is 15.0 Å². The third-order valence-corrected chi connectivity index (χ3v) is 4.46. The Morgan fingerprint density at radius 2 is 1.85 bits per heavy atom. The van der Waals surface area contributed by atoms with Crippen molar-refractivity contribution in [2.45, 2.75) is 45.6 Å². The van der Waals surface area contributed by atoms with Gasteiger partial charge in [0.25, 0.3) is 5.91 Å². The third kappa shape index (κ3) is 4.75. The van der Waals surface area contributed by atoms with E-state index in [9.17, 15) is 4.79 Å². The number of hydrogen-bond donors (Lipinski definition) is 1. The van der Waals surface area contributed by atoms with Crippen molar-refractivity contribution in [2.75, 3.05) is 23.3 Å². The predicted octanol–water partition coefficient (Wildman–Crippen LogP) is 4.50. The van der Waals surface area contributed by atoms with Crippen LogP contribution in [0.3, 0.4) is 0 Å². The van der Waals surface area contributed by atoms with E-state index in [-0.39, 0.29) is 12.0 Å². The van der Waals surface area contributed by atoms with Gasteiger partial charge in [-0.2, -0.15) is 0 Å². The summed E-state index contributed by atoms with van der Waals surface area (Å²) in [6.45, 7) is 5.98. The van der Waals surface area contributed by atoms with Crippen LogP contribution >= 0.6 is 0 Å². The van der Waals surface area contributed by atoms with Crippen molar-refractivity contribution in [3.05, 3.63) is 48.3 Å². The standard InChI is InChI=1S/C21H27N3O2/c1-16(2)26-20-10-6-5-9-19(20)23-21(25)17-13-18(15-22-14-17)24-11-7-3-4-8-12-24/h5-6,9-10,13-16H,3-4,7-8,11-12H2,1-2H3,(H,23,25). The number of aromatic nitrogens is 1. The number of hydrogen-bond acceptors (Lipinski definition) is 4. The molecule has 0 saturated carbocycles. The van der Waals surface area contributed by atoms with Gasteiger partial charge in [0.15, 0.2) is 0 Å². The third-order valence-electron chi connectivity index (χ3n) is 4.46. The number of para-hydroxylation sites is 2. The van der Waals surface area contributed by atoms with Gasteiger partial charge in [-0.1, -0.05) is 25.0 Å². The number of anilines is 2. The van der Waals surface area contributed by atoms with E-state index in [1.54, 1.807) is 6.20 Å². The van der Waals surface area contributed by atoms with E-state index in [1.165, 1.54) is 25.7 Å². The molecule has 0 spiro atoms. The van der Waals surface area contributed by atoms with Crippen molar-refractivity contribution in [3.8, 4) is 5.75 Å². The monoisotopic (exact) mass is 353 g/mol. The molecule has 0 unspecified atom stereocenters. The highest BCUT2D eigenvalue weighted by atomic mass is 16.5. The molecule has 1 saturated heterocycles.